The van der Waals surface area contributed by atoms with E-state index in [1.165, 1.54) is 17.8 Å². The van der Waals surface area contributed by atoms with Crippen LogP contribution in [0, 0.1) is 5.82 Å². The summed E-state index contributed by atoms with van der Waals surface area (Å²) in [6, 6.07) is 7.63. The quantitative estimate of drug-likeness (QED) is 0.398. The number of pyridine rings is 1. The van der Waals surface area contributed by atoms with Crippen LogP contribution in [-0.4, -0.2) is 72.6 Å². The molecule has 8 nitrogen and oxygen atoms in total. The molecule has 0 radical (unpaired) electrons. The van der Waals surface area contributed by atoms with Crippen LogP contribution in [0.2, 0.25) is 0 Å². The molecule has 0 amide bonds. The lowest BCUT2D eigenvalue weighted by Gasteiger charge is -2.27. The molecule has 3 atom stereocenters. The first-order chi connectivity index (χ1) is 18.6. The molecule has 2 aromatic rings. The number of carbonyl (C=O) groups is 1. The van der Waals surface area contributed by atoms with Gasteiger partial charge in [-0.1, -0.05) is 6.07 Å². The van der Waals surface area contributed by atoms with Crippen LogP contribution < -0.4 is 5.32 Å². The molecule has 5 rings (SSSR count). The molecule has 206 valence electrons. The number of rotatable bonds is 12. The third kappa shape index (κ3) is 6.88. The van der Waals surface area contributed by atoms with Crippen molar-refractivity contribution in [2.45, 2.75) is 69.8 Å². The number of hydrogen-bond acceptors (Lipinski definition) is 7. The average Bonchev–Trinajstić information content (AvgIpc) is 3.60. The van der Waals surface area contributed by atoms with Gasteiger partial charge in [-0.05, 0) is 80.3 Å². The summed E-state index contributed by atoms with van der Waals surface area (Å²) < 4.78 is 31.6. The minimum absolute atomic E-state index is 0.0132. The molecular weight excluding hydrogens is 489 g/mol. The molecule has 1 aromatic carbocycles. The molecule has 2 fully saturated rings. The van der Waals surface area contributed by atoms with Crippen LogP contribution in [0.3, 0.4) is 0 Å². The number of aryl methyl sites for hydroxylation is 2. The molecule has 4 heterocycles. The fourth-order valence-electron chi connectivity index (χ4n) is 5.59. The molecule has 0 saturated carbocycles. The largest absolute Gasteiger partial charge is 0.480 e. The maximum absolute atomic E-state index is 14.2. The molecule has 38 heavy (non-hydrogen) atoms. The fraction of sp³-hybridized carbons (Fsp3) is 0.586. The van der Waals surface area contributed by atoms with Crippen LogP contribution in [0.4, 0.5) is 10.1 Å². The van der Waals surface area contributed by atoms with E-state index in [-0.39, 0.29) is 18.8 Å². The minimum atomic E-state index is -0.991. The predicted octanol–water partition coefficient (Wildman–Crippen LogP) is 4.12. The number of carboxylic acids is 1. The number of aromatic nitrogens is 1. The Balaban J connectivity index is 1.11. The predicted molar refractivity (Wildman–Crippen MR) is 141 cm³/mol. The number of fused-ring (bicyclic) bond motifs is 1. The number of anilines is 1. The van der Waals surface area contributed by atoms with Gasteiger partial charge in [0.15, 0.2) is 0 Å². The Morgan fingerprint density at radius 2 is 2.13 bits per heavy atom. The van der Waals surface area contributed by atoms with Crippen LogP contribution in [0.15, 0.2) is 30.3 Å². The molecule has 1 unspecified atom stereocenters. The molecule has 3 aliphatic rings. The third-order valence-corrected chi connectivity index (χ3v) is 7.66. The zero-order chi connectivity index (χ0) is 26.3. The van der Waals surface area contributed by atoms with Gasteiger partial charge in [-0.15, -0.1) is 0 Å². The monoisotopic (exact) mass is 527 g/mol. The van der Waals surface area contributed by atoms with E-state index in [4.69, 9.17) is 19.2 Å². The second-order valence-corrected chi connectivity index (χ2v) is 10.4. The molecule has 3 aliphatic heterocycles. The molecule has 9 heteroatoms. The fourth-order valence-corrected chi connectivity index (χ4v) is 5.59. The van der Waals surface area contributed by atoms with Gasteiger partial charge in [0.2, 0.25) is 0 Å². The lowest BCUT2D eigenvalue weighted by molar-refractivity contribution is -0.143. The van der Waals surface area contributed by atoms with Crippen molar-refractivity contribution < 1.29 is 28.5 Å². The van der Waals surface area contributed by atoms with E-state index >= 15 is 0 Å². The summed E-state index contributed by atoms with van der Waals surface area (Å²) in [4.78, 5) is 19.1. The van der Waals surface area contributed by atoms with E-state index in [0.29, 0.717) is 44.0 Å². The van der Waals surface area contributed by atoms with Gasteiger partial charge in [0.25, 0.3) is 0 Å². The Morgan fingerprint density at radius 3 is 2.97 bits per heavy atom. The summed E-state index contributed by atoms with van der Waals surface area (Å²) in [5.74, 6) is -1.44. The normalized spacial score (nSPS) is 22.2. The van der Waals surface area contributed by atoms with Crippen molar-refractivity contribution in [2.75, 3.05) is 44.8 Å². The summed E-state index contributed by atoms with van der Waals surface area (Å²) in [5.41, 5.74) is 4.60. The Bertz CT molecular complexity index is 1090. The van der Waals surface area contributed by atoms with Crippen molar-refractivity contribution in [1.29, 1.82) is 0 Å². The van der Waals surface area contributed by atoms with Crippen LogP contribution in [0.25, 0.3) is 0 Å². The smallest absolute Gasteiger partial charge is 0.325 e. The van der Waals surface area contributed by atoms with Gasteiger partial charge < -0.3 is 24.6 Å². The number of nitrogens with zero attached hydrogens (tertiary/aromatic N) is 2. The van der Waals surface area contributed by atoms with Crippen molar-refractivity contribution in [3.63, 3.8) is 0 Å². The summed E-state index contributed by atoms with van der Waals surface area (Å²) in [6.07, 6.45) is 6.52. The number of benzene rings is 1. The van der Waals surface area contributed by atoms with Gasteiger partial charge in [0.05, 0.1) is 36.8 Å². The number of unbranched alkanes of at least 4 members (excludes halogenated alkanes) is 1. The van der Waals surface area contributed by atoms with E-state index in [2.05, 4.69) is 17.4 Å². The van der Waals surface area contributed by atoms with Gasteiger partial charge in [-0.3, -0.25) is 14.7 Å². The highest BCUT2D eigenvalue weighted by molar-refractivity contribution is 5.76. The SMILES string of the molecule is O=C(O)C(c1cc(F)ccc1CO[C@@H]1CCOC1)N1CC[C@@H](OCCCCc2ccc3c(n2)CCCN3)C1. The number of ether oxygens (including phenoxy) is 3. The first kappa shape index (κ1) is 27.0. The molecule has 0 bridgehead atoms. The zero-order valence-electron chi connectivity index (χ0n) is 21.9. The van der Waals surface area contributed by atoms with E-state index < -0.39 is 17.8 Å². The Labute approximate surface area is 223 Å². The standard InChI is InChI=1S/C29H38FN3O5/c30-21-7-6-20(18-38-24-11-15-36-19-24)25(16-21)28(29(34)35)33-13-10-23(17-33)37-14-2-1-4-22-8-9-26-27(32-22)5-3-12-31-26/h6-9,16,23-24,28,31H,1-5,10-15,17-19H2,(H,34,35)/t23-,24-,28?/m1/s1. The maximum atomic E-state index is 14.2. The number of nitrogens with one attached hydrogen (secondary N) is 1. The Hall–Kier alpha value is -2.59. The van der Waals surface area contributed by atoms with E-state index in [1.807, 2.05) is 4.90 Å². The molecule has 0 spiro atoms. The molecule has 1 aromatic heterocycles. The first-order valence-electron chi connectivity index (χ1n) is 13.9. The molecule has 0 aliphatic carbocycles. The van der Waals surface area contributed by atoms with Crippen LogP contribution in [-0.2, 0) is 38.5 Å². The van der Waals surface area contributed by atoms with Gasteiger partial charge in [0.1, 0.15) is 11.9 Å². The summed E-state index contributed by atoms with van der Waals surface area (Å²) in [6.45, 7) is 4.17. The summed E-state index contributed by atoms with van der Waals surface area (Å²) in [7, 11) is 0. The van der Waals surface area contributed by atoms with Crippen molar-refractivity contribution in [1.82, 2.24) is 9.88 Å². The molecular formula is C29H38FN3O5. The van der Waals surface area contributed by atoms with Gasteiger partial charge >= 0.3 is 5.97 Å². The lowest BCUT2D eigenvalue weighted by atomic mass is 9.99. The van der Waals surface area contributed by atoms with Gasteiger partial charge in [-0.25, -0.2) is 4.39 Å². The number of halogens is 1. The van der Waals surface area contributed by atoms with Crippen molar-refractivity contribution in [2.24, 2.45) is 0 Å². The Morgan fingerprint density at radius 1 is 1.21 bits per heavy atom. The topological polar surface area (TPSA) is 93.2 Å². The third-order valence-electron chi connectivity index (χ3n) is 7.66. The maximum Gasteiger partial charge on any atom is 0.325 e. The Kier molecular flexibility index (Phi) is 9.22. The van der Waals surface area contributed by atoms with Crippen molar-refractivity contribution >= 4 is 11.7 Å². The minimum Gasteiger partial charge on any atom is -0.480 e. The summed E-state index contributed by atoms with van der Waals surface area (Å²) >= 11 is 0. The zero-order valence-corrected chi connectivity index (χ0v) is 21.9. The highest BCUT2D eigenvalue weighted by atomic mass is 19.1. The van der Waals surface area contributed by atoms with E-state index in [0.717, 1.165) is 62.9 Å². The van der Waals surface area contributed by atoms with Crippen molar-refractivity contribution in [3.05, 3.63) is 58.7 Å². The number of likely N-dealkylation sites (tertiary alicyclic amines) is 1. The molecule has 2 saturated heterocycles. The number of aliphatic carboxylic acids is 1. The number of hydrogen-bond donors (Lipinski definition) is 2. The van der Waals surface area contributed by atoms with Crippen LogP contribution in [0.5, 0.6) is 0 Å². The average molecular weight is 528 g/mol. The highest BCUT2D eigenvalue weighted by Gasteiger charge is 2.35. The van der Waals surface area contributed by atoms with E-state index in [1.54, 1.807) is 6.07 Å². The van der Waals surface area contributed by atoms with Crippen LogP contribution in [0.1, 0.15) is 60.7 Å². The highest BCUT2D eigenvalue weighted by Crippen LogP contribution is 2.31. The lowest BCUT2D eigenvalue weighted by Crippen LogP contribution is -2.34. The number of carboxylic acid groups (broad SMARTS) is 1. The van der Waals surface area contributed by atoms with E-state index in [9.17, 15) is 14.3 Å². The molecule has 2 N–H and O–H groups in total. The second kappa shape index (κ2) is 13.0. The van der Waals surface area contributed by atoms with Gasteiger partial charge in [-0.2, -0.15) is 0 Å². The van der Waals surface area contributed by atoms with Crippen LogP contribution >= 0.6 is 0 Å². The summed E-state index contributed by atoms with van der Waals surface area (Å²) in [5, 5.41) is 13.5. The first-order valence-corrected chi connectivity index (χ1v) is 13.9. The second-order valence-electron chi connectivity index (χ2n) is 10.4. The van der Waals surface area contributed by atoms with Crippen molar-refractivity contribution in [3.8, 4) is 0 Å². The van der Waals surface area contributed by atoms with Gasteiger partial charge in [0, 0.05) is 38.5 Å².